The Morgan fingerprint density at radius 1 is 1.00 bits per heavy atom. The number of esters is 1. The monoisotopic (exact) mass is 355 g/mol. The van der Waals surface area contributed by atoms with Crippen molar-refractivity contribution in [3.8, 4) is 0 Å². The molecule has 1 heterocycles. The van der Waals surface area contributed by atoms with Gasteiger partial charge < -0.3 is 4.74 Å². The van der Waals surface area contributed by atoms with Crippen molar-refractivity contribution in [1.82, 2.24) is 4.90 Å². The maximum atomic E-state index is 12.2. The van der Waals surface area contributed by atoms with Crippen LogP contribution in [0.3, 0.4) is 0 Å². The van der Waals surface area contributed by atoms with E-state index in [1.807, 2.05) is 0 Å². The topological polar surface area (TPSA) is 63.7 Å². The number of ether oxygens (including phenoxy) is 1. The van der Waals surface area contributed by atoms with Gasteiger partial charge in [0.05, 0.1) is 17.7 Å². The standard InChI is InChI=1S/C19H14ClNO4/c20-14-8-5-13(6-9-14)7-10-17(22)25-12-11-21-18(23)15-3-1-2-4-16(15)19(21)24/h1-10H,11-12H2. The Morgan fingerprint density at radius 3 is 2.20 bits per heavy atom. The first kappa shape index (κ1) is 16.9. The number of carbonyl (C=O) groups is 3. The van der Waals surface area contributed by atoms with Crippen LogP contribution in [-0.4, -0.2) is 35.8 Å². The quantitative estimate of drug-likeness (QED) is 0.469. The molecule has 3 rings (SSSR count). The summed E-state index contributed by atoms with van der Waals surface area (Å²) in [6.45, 7) is -0.0396. The minimum absolute atomic E-state index is 0.0207. The number of halogens is 1. The van der Waals surface area contributed by atoms with Gasteiger partial charge in [-0.15, -0.1) is 0 Å². The number of nitrogens with zero attached hydrogens (tertiary/aromatic N) is 1. The molecule has 0 atom stereocenters. The highest BCUT2D eigenvalue weighted by Gasteiger charge is 2.34. The van der Waals surface area contributed by atoms with Crippen LogP contribution in [0, 0.1) is 0 Å². The molecule has 2 aromatic carbocycles. The van der Waals surface area contributed by atoms with Crippen LogP contribution < -0.4 is 0 Å². The number of amides is 2. The average Bonchev–Trinajstić information content (AvgIpc) is 2.86. The lowest BCUT2D eigenvalue weighted by Gasteiger charge is -2.13. The molecule has 2 amide bonds. The minimum Gasteiger partial charge on any atom is -0.461 e. The lowest BCUT2D eigenvalue weighted by Crippen LogP contribution is -2.33. The highest BCUT2D eigenvalue weighted by Crippen LogP contribution is 2.21. The van der Waals surface area contributed by atoms with Gasteiger partial charge in [-0.1, -0.05) is 35.9 Å². The summed E-state index contributed by atoms with van der Waals surface area (Å²) in [5, 5.41) is 0.612. The predicted molar refractivity (Wildman–Crippen MR) is 93.3 cm³/mol. The Balaban J connectivity index is 1.52. The van der Waals surface area contributed by atoms with E-state index in [9.17, 15) is 14.4 Å². The van der Waals surface area contributed by atoms with Gasteiger partial charge in [-0.05, 0) is 35.9 Å². The molecule has 0 radical (unpaired) electrons. The minimum atomic E-state index is -0.549. The first-order valence-corrected chi connectivity index (χ1v) is 7.99. The first-order chi connectivity index (χ1) is 12.1. The molecule has 0 unspecified atom stereocenters. The van der Waals surface area contributed by atoms with Crippen molar-refractivity contribution in [1.29, 1.82) is 0 Å². The summed E-state index contributed by atoms with van der Waals surface area (Å²) in [7, 11) is 0. The highest BCUT2D eigenvalue weighted by molar-refractivity contribution is 6.30. The number of imide groups is 1. The second kappa shape index (κ2) is 7.32. The highest BCUT2D eigenvalue weighted by atomic mass is 35.5. The molecule has 6 heteroatoms. The van der Waals surface area contributed by atoms with Crippen molar-refractivity contribution in [2.45, 2.75) is 0 Å². The van der Waals surface area contributed by atoms with Gasteiger partial charge >= 0.3 is 5.97 Å². The van der Waals surface area contributed by atoms with E-state index in [0.29, 0.717) is 16.1 Å². The van der Waals surface area contributed by atoms with Crippen molar-refractivity contribution < 1.29 is 19.1 Å². The Kier molecular flexibility index (Phi) is 4.95. The van der Waals surface area contributed by atoms with Gasteiger partial charge in [-0.3, -0.25) is 14.5 Å². The fourth-order valence-corrected chi connectivity index (χ4v) is 2.59. The molecular formula is C19H14ClNO4. The summed E-state index contributed by atoms with van der Waals surface area (Å²) < 4.78 is 5.05. The molecule has 0 bridgehead atoms. The van der Waals surface area contributed by atoms with Crippen LogP contribution in [0.5, 0.6) is 0 Å². The molecule has 2 aromatic rings. The smallest absolute Gasteiger partial charge is 0.330 e. The molecule has 126 valence electrons. The molecule has 25 heavy (non-hydrogen) atoms. The SMILES string of the molecule is O=C(C=Cc1ccc(Cl)cc1)OCCN1C(=O)c2ccccc2C1=O. The van der Waals surface area contributed by atoms with E-state index in [1.54, 1.807) is 54.6 Å². The summed E-state index contributed by atoms with van der Waals surface area (Å²) >= 11 is 5.79. The number of hydrogen-bond donors (Lipinski definition) is 0. The van der Waals surface area contributed by atoms with Gasteiger partial charge in [0.25, 0.3) is 11.8 Å². The van der Waals surface area contributed by atoms with Gasteiger partial charge in [0.2, 0.25) is 0 Å². The Labute approximate surface area is 149 Å². The zero-order chi connectivity index (χ0) is 17.8. The maximum absolute atomic E-state index is 12.2. The van der Waals surface area contributed by atoms with Crippen LogP contribution in [0.25, 0.3) is 6.08 Å². The Hall–Kier alpha value is -2.92. The van der Waals surface area contributed by atoms with Crippen LogP contribution in [0.4, 0.5) is 0 Å². The van der Waals surface area contributed by atoms with Crippen molar-refractivity contribution in [2.24, 2.45) is 0 Å². The molecular weight excluding hydrogens is 342 g/mol. The molecule has 1 aliphatic rings. The van der Waals surface area contributed by atoms with Crippen molar-refractivity contribution in [3.63, 3.8) is 0 Å². The normalized spacial score (nSPS) is 13.4. The number of carbonyl (C=O) groups excluding carboxylic acids is 3. The fraction of sp³-hybridized carbons (Fsp3) is 0.105. The van der Waals surface area contributed by atoms with E-state index in [1.165, 1.54) is 6.08 Å². The third-order valence-corrected chi connectivity index (χ3v) is 3.97. The second-order valence-electron chi connectivity index (χ2n) is 5.36. The van der Waals surface area contributed by atoms with E-state index < -0.39 is 5.97 Å². The van der Waals surface area contributed by atoms with Crippen molar-refractivity contribution >= 4 is 35.5 Å². The number of benzene rings is 2. The zero-order valence-electron chi connectivity index (χ0n) is 13.1. The predicted octanol–water partition coefficient (Wildman–Crippen LogP) is 3.19. The van der Waals surface area contributed by atoms with E-state index in [-0.39, 0.29) is 25.0 Å². The van der Waals surface area contributed by atoms with Crippen molar-refractivity contribution in [2.75, 3.05) is 13.2 Å². The van der Waals surface area contributed by atoms with Crippen LogP contribution in [0.1, 0.15) is 26.3 Å². The number of rotatable bonds is 5. The molecule has 0 fully saturated rings. The van der Waals surface area contributed by atoms with Gasteiger partial charge in [0.1, 0.15) is 6.61 Å². The van der Waals surface area contributed by atoms with E-state index >= 15 is 0 Å². The largest absolute Gasteiger partial charge is 0.461 e. The molecule has 0 spiro atoms. The fourth-order valence-electron chi connectivity index (χ4n) is 2.47. The Morgan fingerprint density at radius 2 is 1.60 bits per heavy atom. The van der Waals surface area contributed by atoms with E-state index in [0.717, 1.165) is 10.5 Å². The molecule has 5 nitrogen and oxygen atoms in total. The summed E-state index contributed by atoms with van der Waals surface area (Å²) in [6.07, 6.45) is 2.88. The molecule has 0 N–H and O–H groups in total. The molecule has 1 aliphatic heterocycles. The van der Waals surface area contributed by atoms with Crippen LogP contribution >= 0.6 is 11.6 Å². The van der Waals surface area contributed by atoms with Crippen molar-refractivity contribution in [3.05, 3.63) is 76.3 Å². The van der Waals surface area contributed by atoms with Crippen LogP contribution in [-0.2, 0) is 9.53 Å². The average molecular weight is 356 g/mol. The molecule has 0 saturated heterocycles. The second-order valence-corrected chi connectivity index (χ2v) is 5.80. The van der Waals surface area contributed by atoms with Gasteiger partial charge in [0.15, 0.2) is 0 Å². The Bertz CT molecular complexity index is 823. The van der Waals surface area contributed by atoms with Crippen LogP contribution in [0.2, 0.25) is 5.02 Å². The summed E-state index contributed by atoms with van der Waals surface area (Å²) in [5.41, 5.74) is 1.56. The van der Waals surface area contributed by atoms with Gasteiger partial charge in [-0.2, -0.15) is 0 Å². The number of hydrogen-bond acceptors (Lipinski definition) is 4. The summed E-state index contributed by atoms with van der Waals surface area (Å²) in [6, 6.07) is 13.6. The third-order valence-electron chi connectivity index (χ3n) is 3.72. The molecule has 0 aromatic heterocycles. The molecule has 0 aliphatic carbocycles. The summed E-state index contributed by atoms with van der Waals surface area (Å²) in [5.74, 6) is -1.28. The maximum Gasteiger partial charge on any atom is 0.330 e. The first-order valence-electron chi connectivity index (χ1n) is 7.62. The van der Waals surface area contributed by atoms with Crippen LogP contribution in [0.15, 0.2) is 54.6 Å². The molecule has 0 saturated carbocycles. The summed E-state index contributed by atoms with van der Waals surface area (Å²) in [4.78, 5) is 37.1. The van der Waals surface area contributed by atoms with Gasteiger partial charge in [-0.25, -0.2) is 4.79 Å². The van der Waals surface area contributed by atoms with E-state index in [2.05, 4.69) is 0 Å². The number of fused-ring (bicyclic) bond motifs is 1. The lowest BCUT2D eigenvalue weighted by atomic mass is 10.1. The third kappa shape index (κ3) is 3.78. The zero-order valence-corrected chi connectivity index (χ0v) is 13.9. The van der Waals surface area contributed by atoms with Gasteiger partial charge in [0, 0.05) is 11.1 Å². The lowest BCUT2D eigenvalue weighted by molar-refractivity contribution is -0.137. The van der Waals surface area contributed by atoms with E-state index in [4.69, 9.17) is 16.3 Å².